The zero-order chi connectivity index (χ0) is 97.5. The summed E-state index contributed by atoms with van der Waals surface area (Å²) in [4.78, 5) is 261. The SMILES string of the molecule is CC(C)C[C@@H]1NC(=O)[C@H](Cc2cnc[nH]2)NC(=O)[C@@H]2CCCN2C(=O)[C@H](CC(N)=O)NC(=O)[C@H](C)NC(=O)[C@H](Cc2ccccc2)NC(=O)CSCC(C(=O)NCC(N)=O)NC(=O)[C@H](CCCNC(=N)N)NC(=O)[C@H](C)N(C)C(=O)[C@H](Cc2ccc(-c3ccccc3)cc2)NC(=O)[C@H](Cc2c[nH]c3ccccc23)NC(=O)C(CO)NC(=O)[C@H](Cc2c[nH]c3ccccc23)NC(=O)CNC1=O. The van der Waals surface area contributed by atoms with Crippen molar-refractivity contribution in [2.75, 3.05) is 51.3 Å². The van der Waals surface area contributed by atoms with Crippen LogP contribution in [0.1, 0.15) is 94.2 Å². The molecular weight excluding hydrogens is 1760 g/mol. The Morgan fingerprint density at radius 3 is 1.64 bits per heavy atom. The Labute approximate surface area is 781 Å². The Morgan fingerprint density at radius 1 is 0.519 bits per heavy atom. The number of aliphatic hydroxyl groups is 1. The second kappa shape index (κ2) is 49.4. The summed E-state index contributed by atoms with van der Waals surface area (Å²) in [5.74, 6) is -18.1. The van der Waals surface area contributed by atoms with Crippen molar-refractivity contribution in [1.29, 1.82) is 5.41 Å². The first kappa shape index (κ1) is 102. The second-order valence-electron chi connectivity index (χ2n) is 33.5. The molecule has 135 heavy (non-hydrogen) atoms. The molecular formula is C92H116N24O18S. The van der Waals surface area contributed by atoms with Gasteiger partial charge in [-0.15, -0.1) is 11.8 Å². The Hall–Kier alpha value is -15.0. The number of imidazole rings is 1. The van der Waals surface area contributed by atoms with E-state index in [4.69, 9.17) is 22.6 Å². The number of fused-ring (bicyclic) bond motifs is 3. The van der Waals surface area contributed by atoms with Crippen LogP contribution in [0.25, 0.3) is 32.9 Å². The van der Waals surface area contributed by atoms with E-state index in [-0.39, 0.29) is 83.2 Å². The molecule has 718 valence electrons. The Bertz CT molecular complexity index is 5570. The van der Waals surface area contributed by atoms with Crippen molar-refractivity contribution in [1.82, 2.24) is 104 Å². The van der Waals surface area contributed by atoms with Crippen LogP contribution in [0, 0.1) is 11.3 Å². The highest BCUT2D eigenvalue weighted by Gasteiger charge is 2.43. The maximum atomic E-state index is 15.6. The van der Waals surface area contributed by atoms with E-state index in [0.29, 0.717) is 49.8 Å². The molecule has 10 rings (SSSR count). The van der Waals surface area contributed by atoms with Gasteiger partial charge in [-0.05, 0) is 97.4 Å². The number of nitrogens with two attached hydrogens (primary N) is 3. The summed E-state index contributed by atoms with van der Waals surface area (Å²) < 4.78 is 0. The zero-order valence-electron chi connectivity index (χ0n) is 75.2. The fourth-order valence-corrected chi connectivity index (χ4v) is 16.4. The van der Waals surface area contributed by atoms with E-state index in [0.717, 1.165) is 32.7 Å². The van der Waals surface area contributed by atoms with Crippen LogP contribution in [-0.2, 0) is 114 Å². The first-order chi connectivity index (χ1) is 64.6. The van der Waals surface area contributed by atoms with Gasteiger partial charge in [0.1, 0.15) is 78.5 Å². The summed E-state index contributed by atoms with van der Waals surface area (Å²) in [6, 6.07) is 18.4. The molecule has 8 aromatic rings. The molecule has 2 aliphatic heterocycles. The minimum absolute atomic E-state index is 0.00682. The number of carbonyl (C=O) groups excluding carboxylic acids is 17. The van der Waals surface area contributed by atoms with Crippen LogP contribution in [0.4, 0.5) is 0 Å². The van der Waals surface area contributed by atoms with Crippen LogP contribution >= 0.6 is 11.8 Å². The number of thioether (sulfide) groups is 1. The summed E-state index contributed by atoms with van der Waals surface area (Å²) in [7, 11) is 1.26. The third-order valence-corrected chi connectivity index (χ3v) is 23.9. The van der Waals surface area contributed by atoms with Crippen molar-refractivity contribution in [3.8, 4) is 11.1 Å². The topological polar surface area (TPSA) is 647 Å². The Balaban J connectivity index is 0.994. The molecule has 2 saturated heterocycles. The highest BCUT2D eigenvalue weighted by atomic mass is 32.2. The first-order valence-electron chi connectivity index (χ1n) is 44.1. The summed E-state index contributed by atoms with van der Waals surface area (Å²) in [5, 5.41) is 56.7. The lowest BCUT2D eigenvalue weighted by Crippen LogP contribution is -2.61. The van der Waals surface area contributed by atoms with Gasteiger partial charge >= 0.3 is 0 Å². The summed E-state index contributed by atoms with van der Waals surface area (Å²) in [5.41, 5.74) is 22.0. The van der Waals surface area contributed by atoms with Crippen LogP contribution in [0.15, 0.2) is 158 Å². The van der Waals surface area contributed by atoms with E-state index < -0.39 is 223 Å². The number of para-hydroxylation sites is 2. The predicted molar refractivity (Wildman–Crippen MR) is 498 cm³/mol. The van der Waals surface area contributed by atoms with Gasteiger partial charge in [0.15, 0.2) is 5.96 Å². The molecule has 0 aliphatic carbocycles. The van der Waals surface area contributed by atoms with Gasteiger partial charge in [0.2, 0.25) is 100 Å². The highest BCUT2D eigenvalue weighted by Crippen LogP contribution is 2.26. The first-order valence-corrected chi connectivity index (χ1v) is 45.3. The molecule has 0 bridgehead atoms. The van der Waals surface area contributed by atoms with Gasteiger partial charge in [-0.25, -0.2) is 4.98 Å². The number of guanidine groups is 1. The number of aromatic amines is 3. The lowest BCUT2D eigenvalue weighted by molar-refractivity contribution is -0.143. The Kier molecular flexibility index (Phi) is 37.4. The van der Waals surface area contributed by atoms with Crippen molar-refractivity contribution in [2.45, 2.75) is 177 Å². The molecule has 0 radical (unpaired) electrons. The second-order valence-corrected chi connectivity index (χ2v) is 34.6. The molecule has 43 heteroatoms. The number of primary amides is 2. The number of benzene rings is 5. The van der Waals surface area contributed by atoms with Gasteiger partial charge in [-0.2, -0.15) is 0 Å². The molecule has 17 amide bonds. The minimum atomic E-state index is -1.89. The standard InChI is InChI=1S/C92H116N24O18S/c1-50(2)34-65-81(124)102-45-77(120)105-67(37-57-41-99-62-24-14-12-22-60(57)62)85(128)113-72(46-117)88(131)109-68(38-58-42-100-63-25-15-13-23-61(58)63)86(129)112-70(36-54-28-30-56(31-29-54)55-20-10-7-11-21-55)90(133)115(5)52(4)80(123)107-64(26-16-32-98-92(95)96)83(126)114-73(82(125)101-44-76(94)119)47-135-48-78(121)106-66(35-53-18-8-6-9-19-53)84(127)104-51(3)79(122)111-71(40-75(93)118)91(134)116-33-17-27-74(116)89(132)110-69(87(130)108-65)39-59-43-97-49-103-59/h6-15,18-25,28-31,41-43,49-52,64-74,99-100,117H,16-17,26-27,32-40,44-48H2,1-5H3,(H2,93,118)(H2,94,119)(H,97,103)(H,101,125)(H,102,124)(H,104,127)(H,105,120)(H,106,121)(H,107,123)(H,108,130)(H,109,131)(H,110,132)(H,111,122)(H,112,129)(H,113,128)(H,114,126)(H4,95,96,98)/t51-,52-,64-,65-,66-,67-,68-,69-,70-,71-,72?,73?,74-/m0/s1. The summed E-state index contributed by atoms with van der Waals surface area (Å²) in [6.45, 7) is 3.30. The van der Waals surface area contributed by atoms with E-state index in [2.05, 4.69) is 94.4 Å². The van der Waals surface area contributed by atoms with Crippen molar-refractivity contribution >= 4 is 140 Å². The number of hydrogen-bond acceptors (Lipinski definition) is 21. The van der Waals surface area contributed by atoms with Gasteiger partial charge in [0.25, 0.3) is 0 Å². The number of hydrogen-bond donors (Lipinski definition) is 22. The molecule has 2 aliphatic rings. The van der Waals surface area contributed by atoms with Gasteiger partial charge in [0, 0.05) is 104 Å². The van der Waals surface area contributed by atoms with E-state index in [1.165, 1.54) is 33.4 Å². The average molecular weight is 1880 g/mol. The van der Waals surface area contributed by atoms with E-state index in [9.17, 15) is 67.4 Å². The molecule has 2 fully saturated rings. The maximum Gasteiger partial charge on any atom is 0.246 e. The number of likely N-dealkylation sites (N-methyl/N-ethyl adjacent to an activating group) is 1. The smallest absolute Gasteiger partial charge is 0.246 e. The molecule has 42 nitrogen and oxygen atoms in total. The zero-order valence-corrected chi connectivity index (χ0v) is 76.0. The van der Waals surface area contributed by atoms with Crippen LogP contribution in [0.3, 0.4) is 0 Å². The lowest BCUT2D eigenvalue weighted by Gasteiger charge is -2.31. The summed E-state index contributed by atoms with van der Waals surface area (Å²) >= 11 is 0.770. The third-order valence-electron chi connectivity index (χ3n) is 22.8. The van der Waals surface area contributed by atoms with Gasteiger partial charge in [0.05, 0.1) is 38.2 Å². The van der Waals surface area contributed by atoms with Crippen LogP contribution < -0.4 is 91.6 Å². The number of nitrogens with zero attached hydrogens (tertiary/aromatic N) is 3. The normalized spacial score (nSPS) is 22.9. The predicted octanol–water partition coefficient (Wildman–Crippen LogP) is -2.62. The quantitative estimate of drug-likeness (QED) is 0.0177. The minimum Gasteiger partial charge on any atom is -0.394 e. The molecule has 3 aromatic heterocycles. The van der Waals surface area contributed by atoms with Crippen LogP contribution in [0.2, 0.25) is 0 Å². The van der Waals surface area contributed by atoms with E-state index in [1.54, 1.807) is 129 Å². The fourth-order valence-electron chi connectivity index (χ4n) is 15.6. The van der Waals surface area contributed by atoms with Crippen molar-refractivity contribution in [2.24, 2.45) is 23.1 Å². The molecule has 5 aromatic carbocycles. The number of carbonyl (C=O) groups is 17. The number of nitrogens with one attached hydrogen (secondary N) is 18. The van der Waals surface area contributed by atoms with Crippen molar-refractivity contribution < 1.29 is 86.6 Å². The Morgan fingerprint density at radius 2 is 1.04 bits per heavy atom. The lowest BCUT2D eigenvalue weighted by atomic mass is 9.99. The molecule has 5 heterocycles. The number of H-pyrrole nitrogens is 3. The maximum absolute atomic E-state index is 15.6. The third kappa shape index (κ3) is 30.0. The molecule has 13 atom stereocenters. The largest absolute Gasteiger partial charge is 0.394 e. The highest BCUT2D eigenvalue weighted by molar-refractivity contribution is 8.00. The monoisotopic (exact) mass is 1880 g/mol. The summed E-state index contributed by atoms with van der Waals surface area (Å²) in [6.07, 6.45) is 3.77. The fraction of sp³-hybridized carbons (Fsp3) is 0.402. The van der Waals surface area contributed by atoms with Gasteiger partial charge < -0.3 is 121 Å². The van der Waals surface area contributed by atoms with E-state index in [1.807, 2.05) is 30.3 Å². The van der Waals surface area contributed by atoms with E-state index >= 15 is 19.2 Å². The molecule has 0 saturated carbocycles. The van der Waals surface area contributed by atoms with Crippen LogP contribution in [-0.4, -0.2) is 271 Å². The number of amides is 17. The van der Waals surface area contributed by atoms with Gasteiger partial charge in [-0.1, -0.05) is 135 Å². The van der Waals surface area contributed by atoms with Crippen LogP contribution in [0.5, 0.6) is 0 Å². The van der Waals surface area contributed by atoms with Gasteiger partial charge in [-0.3, -0.25) is 86.9 Å². The molecule has 25 N–H and O–H groups in total. The number of aliphatic hydroxyl groups excluding tert-OH is 1. The molecule has 2 unspecified atom stereocenters. The molecule has 0 spiro atoms. The van der Waals surface area contributed by atoms with Crippen molar-refractivity contribution in [3.63, 3.8) is 0 Å². The van der Waals surface area contributed by atoms with Crippen molar-refractivity contribution in [3.05, 3.63) is 186 Å². The number of rotatable bonds is 23. The average Bonchev–Trinajstić information content (AvgIpc) is 1.78. The number of aromatic nitrogens is 4.